The number of imide groups is 1. The van der Waals surface area contributed by atoms with Gasteiger partial charge in [-0.15, -0.1) is 0 Å². The number of nitrogens with one attached hydrogen (secondary N) is 1. The molecule has 1 unspecified atom stereocenters. The molecule has 112 valence electrons. The molecule has 3 amide bonds. The number of hydrogen-bond donors (Lipinski definition) is 1. The van der Waals surface area contributed by atoms with Crippen LogP contribution in [0, 0.1) is 17.0 Å². The van der Waals surface area contributed by atoms with Crippen LogP contribution < -0.4 is 10.1 Å². The molecule has 21 heavy (non-hydrogen) atoms. The van der Waals surface area contributed by atoms with E-state index < -0.39 is 23.0 Å². The summed E-state index contributed by atoms with van der Waals surface area (Å²) in [5.41, 5.74) is 0.427. The number of aryl methyl sites for hydroxylation is 1. The molecule has 1 aromatic rings. The van der Waals surface area contributed by atoms with Gasteiger partial charge in [0.15, 0.2) is 6.10 Å². The molecule has 0 saturated carbocycles. The van der Waals surface area contributed by atoms with Gasteiger partial charge in [-0.1, -0.05) is 0 Å². The molecule has 1 aromatic carbocycles. The van der Waals surface area contributed by atoms with E-state index in [2.05, 4.69) is 5.32 Å². The molecule has 8 heteroatoms. The molecule has 1 aliphatic rings. The van der Waals surface area contributed by atoms with Gasteiger partial charge in [0.05, 0.1) is 4.92 Å². The lowest BCUT2D eigenvalue weighted by molar-refractivity contribution is -0.385. The van der Waals surface area contributed by atoms with Crippen LogP contribution in [0.1, 0.15) is 12.5 Å². The number of nitro benzene ring substituents is 1. The molecule has 1 heterocycles. The highest BCUT2D eigenvalue weighted by atomic mass is 16.6. The minimum absolute atomic E-state index is 0.0137. The molecule has 1 saturated heterocycles. The highest BCUT2D eigenvalue weighted by Gasteiger charge is 2.30. The topological polar surface area (TPSA) is 102 Å². The SMILES string of the molecule is Cc1cc(OC(C)C(=O)N2CCNC2=O)ccc1[N+](=O)[O-]. The van der Waals surface area contributed by atoms with Gasteiger partial charge in [0.25, 0.3) is 11.6 Å². The third-order valence-electron chi connectivity index (χ3n) is 3.15. The molecule has 1 N–H and O–H groups in total. The average molecular weight is 293 g/mol. The van der Waals surface area contributed by atoms with Crippen molar-refractivity contribution in [2.24, 2.45) is 0 Å². The van der Waals surface area contributed by atoms with Gasteiger partial charge in [0.1, 0.15) is 5.75 Å². The first kappa shape index (κ1) is 14.8. The van der Waals surface area contributed by atoms with Gasteiger partial charge in [0, 0.05) is 24.7 Å². The first-order valence-electron chi connectivity index (χ1n) is 6.41. The van der Waals surface area contributed by atoms with E-state index in [9.17, 15) is 19.7 Å². The summed E-state index contributed by atoms with van der Waals surface area (Å²) in [6, 6.07) is 3.81. The molecule has 0 bridgehead atoms. The molecule has 8 nitrogen and oxygen atoms in total. The Morgan fingerprint density at radius 1 is 1.52 bits per heavy atom. The van der Waals surface area contributed by atoms with E-state index in [0.29, 0.717) is 24.4 Å². The maximum Gasteiger partial charge on any atom is 0.324 e. The van der Waals surface area contributed by atoms with Crippen molar-refractivity contribution in [3.05, 3.63) is 33.9 Å². The summed E-state index contributed by atoms with van der Waals surface area (Å²) in [6.07, 6.45) is -0.852. The first-order chi connectivity index (χ1) is 9.90. The maximum absolute atomic E-state index is 12.1. The summed E-state index contributed by atoms with van der Waals surface area (Å²) >= 11 is 0. The van der Waals surface area contributed by atoms with E-state index in [1.54, 1.807) is 6.92 Å². The number of hydrogen-bond acceptors (Lipinski definition) is 5. The van der Waals surface area contributed by atoms with Gasteiger partial charge >= 0.3 is 6.03 Å². The molecule has 0 aliphatic carbocycles. The van der Waals surface area contributed by atoms with Crippen molar-refractivity contribution >= 4 is 17.6 Å². The molecular formula is C13H15N3O5. The van der Waals surface area contributed by atoms with Crippen molar-refractivity contribution in [3.8, 4) is 5.75 Å². The zero-order chi connectivity index (χ0) is 15.6. The van der Waals surface area contributed by atoms with Crippen molar-refractivity contribution < 1.29 is 19.2 Å². The number of carbonyl (C=O) groups excluding carboxylic acids is 2. The van der Waals surface area contributed by atoms with E-state index in [1.165, 1.54) is 25.1 Å². The normalized spacial score (nSPS) is 15.5. The number of nitro groups is 1. The Labute approximate surface area is 120 Å². The number of urea groups is 1. The van der Waals surface area contributed by atoms with Crippen LogP contribution in [0.25, 0.3) is 0 Å². The Hall–Kier alpha value is -2.64. The number of rotatable bonds is 4. The lowest BCUT2D eigenvalue weighted by Crippen LogP contribution is -2.42. The minimum atomic E-state index is -0.852. The minimum Gasteiger partial charge on any atom is -0.481 e. The predicted octanol–water partition coefficient (Wildman–Crippen LogP) is 1.22. The highest BCUT2D eigenvalue weighted by Crippen LogP contribution is 2.24. The van der Waals surface area contributed by atoms with Crippen LogP contribution in [0.5, 0.6) is 5.75 Å². The van der Waals surface area contributed by atoms with Crippen LogP contribution in [-0.2, 0) is 4.79 Å². The monoisotopic (exact) mass is 293 g/mol. The fourth-order valence-corrected chi connectivity index (χ4v) is 2.06. The van der Waals surface area contributed by atoms with Crippen molar-refractivity contribution in [3.63, 3.8) is 0 Å². The third-order valence-corrected chi connectivity index (χ3v) is 3.15. The van der Waals surface area contributed by atoms with Crippen LogP contribution in [0.2, 0.25) is 0 Å². The molecule has 0 radical (unpaired) electrons. The number of benzene rings is 1. The number of carbonyl (C=O) groups is 2. The lowest BCUT2D eigenvalue weighted by Gasteiger charge is -2.19. The van der Waals surface area contributed by atoms with Crippen molar-refractivity contribution in [1.29, 1.82) is 0 Å². The van der Waals surface area contributed by atoms with Gasteiger partial charge in [0.2, 0.25) is 0 Å². The van der Waals surface area contributed by atoms with Crippen molar-refractivity contribution in [2.75, 3.05) is 13.1 Å². The molecule has 0 spiro atoms. The fraction of sp³-hybridized carbons (Fsp3) is 0.385. The predicted molar refractivity (Wildman–Crippen MR) is 73.0 cm³/mol. The van der Waals surface area contributed by atoms with E-state index in [4.69, 9.17) is 4.74 Å². The number of ether oxygens (including phenoxy) is 1. The number of amides is 3. The Balaban J connectivity index is 2.07. The molecular weight excluding hydrogens is 278 g/mol. The smallest absolute Gasteiger partial charge is 0.324 e. The Morgan fingerprint density at radius 2 is 2.24 bits per heavy atom. The lowest BCUT2D eigenvalue weighted by atomic mass is 10.2. The maximum atomic E-state index is 12.1. The van der Waals surface area contributed by atoms with Gasteiger partial charge < -0.3 is 10.1 Å². The summed E-state index contributed by atoms with van der Waals surface area (Å²) in [6.45, 7) is 3.86. The summed E-state index contributed by atoms with van der Waals surface area (Å²) in [5, 5.41) is 13.3. The standard InChI is InChI=1S/C13H15N3O5/c1-8-7-10(3-4-11(8)16(19)20)21-9(2)12(17)15-6-5-14-13(15)18/h3-4,7,9H,5-6H2,1-2H3,(H,14,18). The number of nitrogens with zero attached hydrogens (tertiary/aromatic N) is 2. The molecule has 1 fully saturated rings. The summed E-state index contributed by atoms with van der Waals surface area (Å²) < 4.78 is 5.46. The first-order valence-corrected chi connectivity index (χ1v) is 6.41. The fourth-order valence-electron chi connectivity index (χ4n) is 2.06. The molecule has 2 rings (SSSR count). The van der Waals surface area contributed by atoms with E-state index in [-0.39, 0.29) is 5.69 Å². The quantitative estimate of drug-likeness (QED) is 0.664. The van der Waals surface area contributed by atoms with Crippen LogP contribution in [0.4, 0.5) is 10.5 Å². The van der Waals surface area contributed by atoms with E-state index >= 15 is 0 Å². The average Bonchev–Trinajstić information content (AvgIpc) is 2.83. The Morgan fingerprint density at radius 3 is 2.76 bits per heavy atom. The summed E-state index contributed by atoms with van der Waals surface area (Å²) in [5.74, 6) is -0.0976. The zero-order valence-corrected chi connectivity index (χ0v) is 11.7. The second-order valence-electron chi connectivity index (χ2n) is 4.69. The van der Waals surface area contributed by atoms with Crippen molar-refractivity contribution in [1.82, 2.24) is 10.2 Å². The van der Waals surface area contributed by atoms with E-state index in [1.807, 2.05) is 0 Å². The molecule has 1 atom stereocenters. The van der Waals surface area contributed by atoms with Gasteiger partial charge in [-0.3, -0.25) is 19.8 Å². The van der Waals surface area contributed by atoms with Crippen LogP contribution in [-0.4, -0.2) is 41.0 Å². The second-order valence-corrected chi connectivity index (χ2v) is 4.69. The third kappa shape index (κ3) is 3.10. The summed E-state index contributed by atoms with van der Waals surface area (Å²) in [7, 11) is 0. The Kier molecular flexibility index (Phi) is 4.06. The Bertz CT molecular complexity index is 601. The van der Waals surface area contributed by atoms with Crippen LogP contribution >= 0.6 is 0 Å². The zero-order valence-electron chi connectivity index (χ0n) is 11.7. The largest absolute Gasteiger partial charge is 0.481 e. The molecule has 1 aliphatic heterocycles. The molecule has 0 aromatic heterocycles. The van der Waals surface area contributed by atoms with E-state index in [0.717, 1.165) is 4.90 Å². The van der Waals surface area contributed by atoms with Gasteiger partial charge in [-0.25, -0.2) is 4.79 Å². The van der Waals surface area contributed by atoms with Crippen molar-refractivity contribution in [2.45, 2.75) is 20.0 Å². The van der Waals surface area contributed by atoms with Gasteiger partial charge in [-0.2, -0.15) is 0 Å². The highest BCUT2D eigenvalue weighted by molar-refractivity contribution is 5.97. The second kappa shape index (κ2) is 5.78. The summed E-state index contributed by atoms with van der Waals surface area (Å²) in [4.78, 5) is 34.8. The van der Waals surface area contributed by atoms with Crippen LogP contribution in [0.3, 0.4) is 0 Å². The van der Waals surface area contributed by atoms with Crippen LogP contribution in [0.15, 0.2) is 18.2 Å². The van der Waals surface area contributed by atoms with Gasteiger partial charge in [-0.05, 0) is 26.0 Å².